The van der Waals surface area contributed by atoms with Crippen molar-refractivity contribution in [3.05, 3.63) is 59.8 Å². The summed E-state index contributed by atoms with van der Waals surface area (Å²) in [5.41, 5.74) is 2.99. The summed E-state index contributed by atoms with van der Waals surface area (Å²) in [6.07, 6.45) is 0. The summed E-state index contributed by atoms with van der Waals surface area (Å²) in [4.78, 5) is 27.1. The first kappa shape index (κ1) is 19.5. The molecular weight excluding hydrogens is 356 g/mol. The number of esters is 1. The van der Waals surface area contributed by atoms with Crippen LogP contribution in [0.15, 0.2) is 48.5 Å². The highest BCUT2D eigenvalue weighted by atomic mass is 16.5. The molecule has 0 aliphatic heterocycles. The van der Waals surface area contributed by atoms with E-state index >= 15 is 0 Å². The van der Waals surface area contributed by atoms with Crippen molar-refractivity contribution in [3.8, 4) is 5.75 Å². The minimum Gasteiger partial charge on any atom is -0.497 e. The Morgan fingerprint density at radius 3 is 2.50 bits per heavy atom. The Balaban J connectivity index is 2.03. The van der Waals surface area contributed by atoms with Crippen molar-refractivity contribution < 1.29 is 19.1 Å². The van der Waals surface area contributed by atoms with E-state index in [1.807, 2.05) is 56.3 Å². The second-order valence-electron chi connectivity index (χ2n) is 6.51. The monoisotopic (exact) mass is 380 g/mol. The lowest BCUT2D eigenvalue weighted by molar-refractivity contribution is -0.119. The molecular formula is C22H24N2O4. The summed E-state index contributed by atoms with van der Waals surface area (Å²) in [6, 6.07) is 15.0. The third-order valence-electron chi connectivity index (χ3n) is 4.73. The fourth-order valence-electron chi connectivity index (χ4n) is 3.32. The molecule has 0 fully saturated rings. The van der Waals surface area contributed by atoms with Gasteiger partial charge in [-0.15, -0.1) is 0 Å². The van der Waals surface area contributed by atoms with Crippen molar-refractivity contribution in [1.29, 1.82) is 0 Å². The minimum atomic E-state index is -0.485. The summed E-state index contributed by atoms with van der Waals surface area (Å²) < 4.78 is 11.9. The number of amides is 1. The van der Waals surface area contributed by atoms with Crippen LogP contribution in [0.25, 0.3) is 10.9 Å². The number of hydrogen-bond donors (Lipinski definition) is 0. The molecule has 0 bridgehead atoms. The topological polar surface area (TPSA) is 60.8 Å². The van der Waals surface area contributed by atoms with E-state index in [4.69, 9.17) is 9.47 Å². The molecule has 0 saturated heterocycles. The maximum Gasteiger partial charge on any atom is 0.354 e. The first-order chi connectivity index (χ1) is 13.5. The molecule has 3 rings (SSSR count). The Hall–Kier alpha value is -3.28. The molecule has 2 aromatic carbocycles. The van der Waals surface area contributed by atoms with E-state index in [1.165, 1.54) is 7.11 Å². The highest BCUT2D eigenvalue weighted by Crippen LogP contribution is 2.26. The number of nitrogens with zero attached hydrogens (tertiary/aromatic N) is 2. The molecule has 0 atom stereocenters. The van der Waals surface area contributed by atoms with Crippen LogP contribution in [0.2, 0.25) is 0 Å². The Bertz CT molecular complexity index is 1020. The molecule has 1 aromatic heterocycles. The van der Waals surface area contributed by atoms with Gasteiger partial charge >= 0.3 is 5.97 Å². The Morgan fingerprint density at radius 1 is 1.07 bits per heavy atom. The number of hydrogen-bond acceptors (Lipinski definition) is 4. The first-order valence-corrected chi connectivity index (χ1v) is 9.11. The van der Waals surface area contributed by atoms with Crippen molar-refractivity contribution in [1.82, 2.24) is 4.57 Å². The average molecular weight is 380 g/mol. The second-order valence-corrected chi connectivity index (χ2v) is 6.51. The molecule has 28 heavy (non-hydrogen) atoms. The average Bonchev–Trinajstić information content (AvgIpc) is 3.05. The van der Waals surface area contributed by atoms with Gasteiger partial charge in [0.1, 0.15) is 18.0 Å². The van der Waals surface area contributed by atoms with Gasteiger partial charge in [0.05, 0.1) is 19.7 Å². The summed E-state index contributed by atoms with van der Waals surface area (Å²) in [5, 5.41) is 0.840. The molecule has 146 valence electrons. The van der Waals surface area contributed by atoms with Crippen LogP contribution in [0.1, 0.15) is 23.0 Å². The van der Waals surface area contributed by atoms with Crippen LogP contribution in [0.4, 0.5) is 5.69 Å². The molecule has 6 heteroatoms. The van der Waals surface area contributed by atoms with Crippen molar-refractivity contribution >= 4 is 28.5 Å². The van der Waals surface area contributed by atoms with Crippen molar-refractivity contribution in [2.24, 2.45) is 0 Å². The van der Waals surface area contributed by atoms with Crippen LogP contribution in [-0.4, -0.2) is 37.2 Å². The zero-order valence-electron chi connectivity index (χ0n) is 16.6. The number of aryl methyl sites for hydroxylation is 1. The summed E-state index contributed by atoms with van der Waals surface area (Å²) >= 11 is 0. The molecule has 1 heterocycles. The number of benzene rings is 2. The maximum absolute atomic E-state index is 13.1. The Labute approximate surface area is 164 Å². The van der Waals surface area contributed by atoms with Gasteiger partial charge in [0.2, 0.25) is 5.91 Å². The van der Waals surface area contributed by atoms with E-state index < -0.39 is 5.97 Å². The third kappa shape index (κ3) is 3.71. The lowest BCUT2D eigenvalue weighted by atomic mass is 10.2. The van der Waals surface area contributed by atoms with E-state index in [2.05, 4.69) is 0 Å². The van der Waals surface area contributed by atoms with E-state index in [1.54, 1.807) is 22.6 Å². The molecule has 0 radical (unpaired) electrons. The summed E-state index contributed by atoms with van der Waals surface area (Å²) in [5.74, 6) is 0.0573. The van der Waals surface area contributed by atoms with Gasteiger partial charge in [0.15, 0.2) is 0 Å². The lowest BCUT2D eigenvalue weighted by Crippen LogP contribution is -2.34. The highest BCUT2D eigenvalue weighted by Gasteiger charge is 2.21. The minimum absolute atomic E-state index is 0.0167. The lowest BCUT2D eigenvalue weighted by Gasteiger charge is -2.22. The molecule has 6 nitrogen and oxygen atoms in total. The fraction of sp³-hybridized carbons (Fsp3) is 0.273. The van der Waals surface area contributed by atoms with E-state index in [0.29, 0.717) is 18.0 Å². The summed E-state index contributed by atoms with van der Waals surface area (Å²) in [6.45, 7) is 4.46. The van der Waals surface area contributed by atoms with Gasteiger partial charge in [-0.25, -0.2) is 4.79 Å². The summed E-state index contributed by atoms with van der Waals surface area (Å²) in [7, 11) is 2.91. The van der Waals surface area contributed by atoms with E-state index in [-0.39, 0.29) is 12.5 Å². The van der Waals surface area contributed by atoms with Gasteiger partial charge in [0, 0.05) is 23.7 Å². The quantitative estimate of drug-likeness (QED) is 0.611. The van der Waals surface area contributed by atoms with Crippen LogP contribution in [-0.2, 0) is 16.1 Å². The molecule has 0 aliphatic rings. The number of likely N-dealkylation sites (N-methyl/N-ethyl adjacent to an activating group) is 1. The number of aromatic nitrogens is 1. The second kappa shape index (κ2) is 8.17. The van der Waals surface area contributed by atoms with Crippen LogP contribution < -0.4 is 9.64 Å². The third-order valence-corrected chi connectivity index (χ3v) is 4.73. The largest absolute Gasteiger partial charge is 0.497 e. The number of ether oxygens (including phenoxy) is 2. The molecule has 0 aliphatic carbocycles. The molecule has 0 N–H and O–H groups in total. The van der Waals surface area contributed by atoms with Crippen LogP contribution in [0, 0.1) is 6.92 Å². The number of methoxy groups -OCH3 is 2. The van der Waals surface area contributed by atoms with Crippen LogP contribution in [0.5, 0.6) is 5.75 Å². The Kier molecular flexibility index (Phi) is 5.68. The number of carbonyl (C=O) groups excluding carboxylic acids is 2. The van der Waals surface area contributed by atoms with Gasteiger partial charge in [-0.2, -0.15) is 0 Å². The van der Waals surface area contributed by atoms with Crippen molar-refractivity contribution in [3.63, 3.8) is 0 Å². The van der Waals surface area contributed by atoms with Gasteiger partial charge in [-0.3, -0.25) is 4.79 Å². The van der Waals surface area contributed by atoms with Gasteiger partial charge in [0.25, 0.3) is 0 Å². The van der Waals surface area contributed by atoms with Gasteiger partial charge in [-0.05, 0) is 49.7 Å². The van der Waals surface area contributed by atoms with Crippen molar-refractivity contribution in [2.75, 3.05) is 25.7 Å². The number of fused-ring (bicyclic) bond motifs is 1. The van der Waals surface area contributed by atoms with E-state index in [9.17, 15) is 9.59 Å². The number of rotatable bonds is 6. The fourth-order valence-corrected chi connectivity index (χ4v) is 3.32. The van der Waals surface area contributed by atoms with Gasteiger partial charge < -0.3 is 18.9 Å². The molecule has 0 saturated carbocycles. The molecule has 0 spiro atoms. The molecule has 0 unspecified atom stereocenters. The normalized spacial score (nSPS) is 10.7. The van der Waals surface area contributed by atoms with Gasteiger partial charge in [-0.1, -0.05) is 12.1 Å². The smallest absolute Gasteiger partial charge is 0.354 e. The zero-order chi connectivity index (χ0) is 20.3. The predicted octanol–water partition coefficient (Wildman–Crippen LogP) is 3.80. The predicted molar refractivity (Wildman–Crippen MR) is 109 cm³/mol. The number of anilines is 1. The van der Waals surface area contributed by atoms with Crippen LogP contribution >= 0.6 is 0 Å². The van der Waals surface area contributed by atoms with E-state index in [0.717, 1.165) is 22.2 Å². The molecule has 3 aromatic rings. The highest BCUT2D eigenvalue weighted by molar-refractivity contribution is 5.99. The zero-order valence-corrected chi connectivity index (χ0v) is 16.6. The Morgan fingerprint density at radius 2 is 1.86 bits per heavy atom. The maximum atomic E-state index is 13.1. The van der Waals surface area contributed by atoms with Crippen LogP contribution in [0.3, 0.4) is 0 Å². The standard InChI is InChI=1S/C22H24N2O4/c1-5-23(17-8-6-7-15(2)11-17)21(25)14-24-19-13-18(27-3)10-9-16(19)12-20(24)22(26)28-4/h6-13H,5,14H2,1-4H3. The SMILES string of the molecule is CCN(C(=O)Cn1c(C(=O)OC)cc2ccc(OC)cc21)c1cccc(C)c1. The number of carbonyl (C=O) groups is 2. The molecule has 1 amide bonds. The first-order valence-electron chi connectivity index (χ1n) is 9.11. The van der Waals surface area contributed by atoms with Crippen molar-refractivity contribution in [2.45, 2.75) is 20.4 Å².